The smallest absolute Gasteiger partial charge is 0.251 e. The molecule has 6 nitrogen and oxygen atoms in total. The molecule has 0 bridgehead atoms. The Bertz CT molecular complexity index is 954. The lowest BCUT2D eigenvalue weighted by atomic mass is 10.0. The van der Waals surface area contributed by atoms with Gasteiger partial charge >= 0.3 is 0 Å². The zero-order chi connectivity index (χ0) is 18.9. The molecule has 3 rings (SSSR count). The van der Waals surface area contributed by atoms with Crippen molar-refractivity contribution < 1.29 is 17.9 Å². The van der Waals surface area contributed by atoms with Crippen molar-refractivity contribution in [1.29, 1.82) is 0 Å². The number of benzene rings is 2. The minimum Gasteiger partial charge on any atom is -0.488 e. The second-order valence-corrected chi connectivity index (χ2v) is 8.09. The van der Waals surface area contributed by atoms with Gasteiger partial charge in [-0.2, -0.15) is 0 Å². The van der Waals surface area contributed by atoms with E-state index < -0.39 is 10.0 Å². The van der Waals surface area contributed by atoms with Gasteiger partial charge in [0.15, 0.2) is 0 Å². The van der Waals surface area contributed by atoms with E-state index in [1.54, 1.807) is 19.9 Å². The van der Waals surface area contributed by atoms with E-state index in [4.69, 9.17) is 9.88 Å². The van der Waals surface area contributed by atoms with Crippen molar-refractivity contribution in [3.05, 3.63) is 58.7 Å². The summed E-state index contributed by atoms with van der Waals surface area (Å²) in [5, 5.41) is 8.08. The zero-order valence-corrected chi connectivity index (χ0v) is 15.6. The van der Waals surface area contributed by atoms with E-state index in [0.717, 1.165) is 18.6 Å². The molecule has 0 unspecified atom stereocenters. The third-order valence-corrected chi connectivity index (χ3v) is 5.72. The van der Waals surface area contributed by atoms with E-state index in [0.29, 0.717) is 17.7 Å². The molecule has 0 radical (unpaired) electrons. The lowest BCUT2D eigenvalue weighted by molar-refractivity contribution is 0.0918. The van der Waals surface area contributed by atoms with Crippen LogP contribution in [0.3, 0.4) is 0 Å². The van der Waals surface area contributed by atoms with Crippen molar-refractivity contribution in [3.8, 4) is 5.75 Å². The van der Waals surface area contributed by atoms with Crippen LogP contribution < -0.4 is 15.2 Å². The fourth-order valence-corrected chi connectivity index (χ4v) is 3.97. The monoisotopic (exact) mass is 374 g/mol. The number of para-hydroxylation sites is 1. The lowest BCUT2D eigenvalue weighted by Gasteiger charge is -2.26. The molecule has 1 aliphatic heterocycles. The van der Waals surface area contributed by atoms with Crippen LogP contribution in [0.25, 0.3) is 0 Å². The van der Waals surface area contributed by atoms with Crippen molar-refractivity contribution in [3.63, 3.8) is 0 Å². The fraction of sp³-hybridized carbons (Fsp3) is 0.316. The Morgan fingerprint density at radius 1 is 1.27 bits per heavy atom. The van der Waals surface area contributed by atoms with Crippen molar-refractivity contribution >= 4 is 15.9 Å². The largest absolute Gasteiger partial charge is 0.488 e. The zero-order valence-electron chi connectivity index (χ0n) is 14.8. The maximum atomic E-state index is 12.5. The molecule has 2 aromatic carbocycles. The Morgan fingerprint density at radius 3 is 2.73 bits per heavy atom. The number of rotatable bonds is 4. The summed E-state index contributed by atoms with van der Waals surface area (Å²) in [6.07, 6.45) is 1.60. The van der Waals surface area contributed by atoms with Crippen LogP contribution in [0.4, 0.5) is 0 Å². The summed E-state index contributed by atoms with van der Waals surface area (Å²) >= 11 is 0. The van der Waals surface area contributed by atoms with Gasteiger partial charge in [-0.25, -0.2) is 13.6 Å². The standard InChI is InChI=1S/C19H22N2O4S/c1-12-9-15(10-18(13(12)2)26(20,23)24)19(22)21-11-16-8-7-14-5-3-4-6-17(14)25-16/h3-6,9-10,16H,7-8,11H2,1-2H3,(H,21,22)(H2,20,23,24)/t16-/m1/s1. The number of carbonyl (C=O) groups excluding carboxylic acids is 1. The Labute approximate surface area is 153 Å². The molecule has 1 heterocycles. The fourth-order valence-electron chi connectivity index (χ4n) is 3.09. The van der Waals surface area contributed by atoms with Crippen LogP contribution in [0.5, 0.6) is 5.75 Å². The SMILES string of the molecule is Cc1cc(C(=O)NC[C@H]2CCc3ccccc3O2)cc(S(N)(=O)=O)c1C. The lowest BCUT2D eigenvalue weighted by Crippen LogP contribution is -2.37. The van der Waals surface area contributed by atoms with Crippen LogP contribution in [0.15, 0.2) is 41.3 Å². The van der Waals surface area contributed by atoms with Gasteiger partial charge in [0.05, 0.1) is 11.4 Å². The summed E-state index contributed by atoms with van der Waals surface area (Å²) in [4.78, 5) is 12.5. The minimum atomic E-state index is -3.89. The molecule has 1 atom stereocenters. The summed E-state index contributed by atoms with van der Waals surface area (Å²) in [5.74, 6) is 0.501. The normalized spacial score (nSPS) is 16.5. The number of aryl methyl sites for hydroxylation is 2. The quantitative estimate of drug-likeness (QED) is 0.856. The van der Waals surface area contributed by atoms with Gasteiger partial charge in [-0.15, -0.1) is 0 Å². The molecule has 26 heavy (non-hydrogen) atoms. The molecule has 0 saturated heterocycles. The molecule has 0 fully saturated rings. The number of primary sulfonamides is 1. The number of sulfonamides is 1. The van der Waals surface area contributed by atoms with Crippen LogP contribution in [-0.4, -0.2) is 27.0 Å². The van der Waals surface area contributed by atoms with E-state index >= 15 is 0 Å². The molecule has 1 aliphatic rings. The Morgan fingerprint density at radius 2 is 2.00 bits per heavy atom. The first-order valence-electron chi connectivity index (χ1n) is 8.42. The number of carbonyl (C=O) groups is 1. The minimum absolute atomic E-state index is 0.0227. The molecule has 2 aromatic rings. The van der Waals surface area contributed by atoms with E-state index in [-0.39, 0.29) is 22.5 Å². The van der Waals surface area contributed by atoms with Gasteiger partial charge in [-0.05, 0) is 61.6 Å². The molecule has 7 heteroatoms. The van der Waals surface area contributed by atoms with Gasteiger partial charge in [0.2, 0.25) is 10.0 Å². The molecule has 0 aliphatic carbocycles. The molecule has 0 aromatic heterocycles. The topological polar surface area (TPSA) is 98.5 Å². The number of nitrogens with one attached hydrogen (secondary N) is 1. The van der Waals surface area contributed by atoms with Gasteiger partial charge in [0.25, 0.3) is 5.91 Å². The van der Waals surface area contributed by atoms with Crippen LogP contribution in [0.1, 0.15) is 33.5 Å². The van der Waals surface area contributed by atoms with Gasteiger partial charge in [0, 0.05) is 5.56 Å². The highest BCUT2D eigenvalue weighted by atomic mass is 32.2. The van der Waals surface area contributed by atoms with Crippen molar-refractivity contribution in [1.82, 2.24) is 5.32 Å². The third kappa shape index (κ3) is 3.89. The summed E-state index contributed by atoms with van der Waals surface area (Å²) in [6.45, 7) is 3.77. The van der Waals surface area contributed by atoms with Crippen molar-refractivity contribution in [2.45, 2.75) is 37.7 Å². The average Bonchev–Trinajstić information content (AvgIpc) is 2.60. The highest BCUT2D eigenvalue weighted by Crippen LogP contribution is 2.27. The summed E-state index contributed by atoms with van der Waals surface area (Å²) in [7, 11) is -3.89. The highest BCUT2D eigenvalue weighted by Gasteiger charge is 2.21. The predicted molar refractivity (Wildman–Crippen MR) is 98.8 cm³/mol. The summed E-state index contributed by atoms with van der Waals surface area (Å²) in [5.41, 5.74) is 2.69. The van der Waals surface area contributed by atoms with Gasteiger partial charge in [-0.1, -0.05) is 18.2 Å². The number of amides is 1. The van der Waals surface area contributed by atoms with Crippen LogP contribution in [-0.2, 0) is 16.4 Å². The average molecular weight is 374 g/mol. The Hall–Kier alpha value is -2.38. The number of fused-ring (bicyclic) bond motifs is 1. The second kappa shape index (κ2) is 7.09. The van der Waals surface area contributed by atoms with E-state index in [1.807, 2.05) is 24.3 Å². The Balaban J connectivity index is 1.71. The van der Waals surface area contributed by atoms with E-state index in [1.165, 1.54) is 11.6 Å². The number of nitrogens with two attached hydrogens (primary N) is 1. The first-order chi connectivity index (χ1) is 12.3. The molecular weight excluding hydrogens is 352 g/mol. The van der Waals surface area contributed by atoms with Gasteiger partial charge < -0.3 is 10.1 Å². The van der Waals surface area contributed by atoms with E-state index in [9.17, 15) is 13.2 Å². The first-order valence-corrected chi connectivity index (χ1v) is 9.97. The molecular formula is C19H22N2O4S. The molecule has 0 saturated carbocycles. The van der Waals surface area contributed by atoms with Gasteiger partial charge in [-0.3, -0.25) is 4.79 Å². The highest BCUT2D eigenvalue weighted by molar-refractivity contribution is 7.89. The second-order valence-electron chi connectivity index (χ2n) is 6.56. The number of ether oxygens (including phenoxy) is 1. The molecule has 138 valence electrons. The Kier molecular flexibility index (Phi) is 5.02. The molecule has 0 spiro atoms. The van der Waals surface area contributed by atoms with Crippen LogP contribution in [0, 0.1) is 13.8 Å². The number of hydrogen-bond donors (Lipinski definition) is 2. The number of hydrogen-bond acceptors (Lipinski definition) is 4. The van der Waals surface area contributed by atoms with Gasteiger partial charge in [0.1, 0.15) is 11.9 Å². The van der Waals surface area contributed by atoms with Crippen LogP contribution in [0.2, 0.25) is 0 Å². The summed E-state index contributed by atoms with van der Waals surface area (Å²) < 4.78 is 29.4. The van der Waals surface area contributed by atoms with Crippen molar-refractivity contribution in [2.24, 2.45) is 5.14 Å². The van der Waals surface area contributed by atoms with Crippen molar-refractivity contribution in [2.75, 3.05) is 6.54 Å². The van der Waals surface area contributed by atoms with Crippen LogP contribution >= 0.6 is 0 Å². The first kappa shape index (κ1) is 18.4. The predicted octanol–water partition coefficient (Wildman–Crippen LogP) is 2.07. The van der Waals surface area contributed by atoms with E-state index in [2.05, 4.69) is 5.32 Å². The summed E-state index contributed by atoms with van der Waals surface area (Å²) in [6, 6.07) is 10.8. The molecule has 1 amide bonds. The maximum absolute atomic E-state index is 12.5. The third-order valence-electron chi connectivity index (χ3n) is 4.68. The maximum Gasteiger partial charge on any atom is 0.251 e. The molecule has 3 N–H and O–H groups in total.